The van der Waals surface area contributed by atoms with E-state index in [2.05, 4.69) is 29.7 Å². The molecule has 3 heteroatoms. The molecule has 0 spiro atoms. The number of rotatable bonds is 6. The number of aromatic nitrogens is 1. The highest BCUT2D eigenvalue weighted by atomic mass is 16.1. The summed E-state index contributed by atoms with van der Waals surface area (Å²) in [6, 6.07) is 6.44. The SMILES string of the molecule is CCc1ccc2c(c1)c(C1=CC=CC(C)C1=O)c(C(C)=O)n2CCC1CC1. The van der Waals surface area contributed by atoms with Crippen molar-refractivity contribution in [2.75, 3.05) is 0 Å². The Morgan fingerprint density at radius 3 is 2.70 bits per heavy atom. The number of Topliss-reactive ketones (excluding diaryl/α,β-unsaturated/α-hetero) is 2. The molecule has 0 bridgehead atoms. The smallest absolute Gasteiger partial charge is 0.176 e. The molecule has 0 saturated heterocycles. The van der Waals surface area contributed by atoms with Gasteiger partial charge in [-0.05, 0) is 36.5 Å². The normalized spacial score (nSPS) is 19.6. The number of hydrogen-bond donors (Lipinski definition) is 0. The van der Waals surface area contributed by atoms with Crippen LogP contribution in [0.2, 0.25) is 0 Å². The number of hydrogen-bond acceptors (Lipinski definition) is 2. The van der Waals surface area contributed by atoms with E-state index in [9.17, 15) is 9.59 Å². The summed E-state index contributed by atoms with van der Waals surface area (Å²) in [5, 5.41) is 1.04. The minimum absolute atomic E-state index is 0.0333. The Morgan fingerprint density at radius 1 is 1.26 bits per heavy atom. The predicted molar refractivity (Wildman–Crippen MR) is 110 cm³/mol. The van der Waals surface area contributed by atoms with Crippen molar-refractivity contribution < 1.29 is 9.59 Å². The van der Waals surface area contributed by atoms with Crippen molar-refractivity contribution in [3.63, 3.8) is 0 Å². The van der Waals surface area contributed by atoms with E-state index in [4.69, 9.17) is 0 Å². The molecule has 1 saturated carbocycles. The number of allylic oxidation sites excluding steroid dienone is 4. The van der Waals surface area contributed by atoms with Gasteiger partial charge >= 0.3 is 0 Å². The predicted octanol–water partition coefficient (Wildman–Crippen LogP) is 5.36. The van der Waals surface area contributed by atoms with Crippen LogP contribution in [0.4, 0.5) is 0 Å². The van der Waals surface area contributed by atoms with Gasteiger partial charge in [-0.2, -0.15) is 0 Å². The Kier molecular flexibility index (Phi) is 4.63. The summed E-state index contributed by atoms with van der Waals surface area (Å²) < 4.78 is 2.17. The van der Waals surface area contributed by atoms with Crippen LogP contribution in [0.3, 0.4) is 0 Å². The van der Waals surface area contributed by atoms with Crippen LogP contribution in [-0.4, -0.2) is 16.1 Å². The van der Waals surface area contributed by atoms with Crippen LogP contribution in [0, 0.1) is 11.8 Å². The number of ketones is 2. The van der Waals surface area contributed by atoms with Gasteiger partial charge in [-0.1, -0.05) is 51.0 Å². The Morgan fingerprint density at radius 2 is 2.04 bits per heavy atom. The van der Waals surface area contributed by atoms with Crippen LogP contribution >= 0.6 is 0 Å². The van der Waals surface area contributed by atoms with Crippen LogP contribution in [0.1, 0.15) is 61.6 Å². The van der Waals surface area contributed by atoms with E-state index in [-0.39, 0.29) is 17.5 Å². The maximum atomic E-state index is 12.9. The van der Waals surface area contributed by atoms with Crippen LogP contribution < -0.4 is 0 Å². The van der Waals surface area contributed by atoms with E-state index in [1.807, 2.05) is 25.2 Å². The Labute approximate surface area is 160 Å². The second kappa shape index (κ2) is 6.95. The van der Waals surface area contributed by atoms with Crippen molar-refractivity contribution in [1.29, 1.82) is 0 Å². The maximum absolute atomic E-state index is 12.9. The van der Waals surface area contributed by atoms with Gasteiger partial charge in [0.1, 0.15) is 0 Å². The lowest BCUT2D eigenvalue weighted by Gasteiger charge is -2.15. The number of nitrogens with zero attached hydrogens (tertiary/aromatic N) is 1. The number of aryl methyl sites for hydroxylation is 2. The van der Waals surface area contributed by atoms with Gasteiger partial charge in [0.15, 0.2) is 11.6 Å². The Hall–Kier alpha value is -2.42. The monoisotopic (exact) mass is 361 g/mol. The van der Waals surface area contributed by atoms with Crippen molar-refractivity contribution in [3.05, 3.63) is 53.2 Å². The standard InChI is InChI=1S/C24H27NO2/c1-4-17-10-11-21-20(14-17)22(19-7-5-6-15(2)24(19)27)23(16(3)26)25(21)13-12-18-8-9-18/h5-7,10-11,14-15,18H,4,8-9,12-13H2,1-3H3. The molecule has 1 aromatic heterocycles. The molecule has 0 aliphatic heterocycles. The van der Waals surface area contributed by atoms with Crippen LogP contribution in [0.15, 0.2) is 36.4 Å². The van der Waals surface area contributed by atoms with Gasteiger partial charge in [0.05, 0.1) is 5.69 Å². The minimum Gasteiger partial charge on any atom is -0.338 e. The van der Waals surface area contributed by atoms with Gasteiger partial charge in [0, 0.05) is 41.4 Å². The van der Waals surface area contributed by atoms with E-state index in [1.165, 1.54) is 18.4 Å². The molecule has 1 fully saturated rings. The zero-order valence-corrected chi connectivity index (χ0v) is 16.4. The number of carbonyl (C=O) groups excluding carboxylic acids is 2. The minimum atomic E-state index is -0.149. The van der Waals surface area contributed by atoms with Crippen molar-refractivity contribution in [2.45, 2.75) is 53.0 Å². The molecule has 2 aliphatic carbocycles. The molecule has 1 unspecified atom stereocenters. The third kappa shape index (κ3) is 3.20. The fraction of sp³-hybridized carbons (Fsp3) is 0.417. The summed E-state index contributed by atoms with van der Waals surface area (Å²) in [4.78, 5) is 25.7. The molecule has 4 rings (SSSR count). The van der Waals surface area contributed by atoms with E-state index >= 15 is 0 Å². The molecule has 0 N–H and O–H groups in total. The highest BCUT2D eigenvalue weighted by molar-refractivity contribution is 6.28. The van der Waals surface area contributed by atoms with Crippen molar-refractivity contribution >= 4 is 28.0 Å². The molecule has 1 atom stereocenters. The summed E-state index contributed by atoms with van der Waals surface area (Å²) >= 11 is 0. The van der Waals surface area contributed by atoms with Crippen LogP contribution in [0.25, 0.3) is 16.5 Å². The van der Waals surface area contributed by atoms with E-state index in [0.29, 0.717) is 11.3 Å². The third-order valence-electron chi connectivity index (χ3n) is 5.94. The first kappa shape index (κ1) is 18.0. The number of fused-ring (bicyclic) bond motifs is 1. The first-order chi connectivity index (χ1) is 13.0. The second-order valence-corrected chi connectivity index (χ2v) is 7.99. The van der Waals surface area contributed by atoms with Gasteiger partial charge < -0.3 is 4.57 Å². The molecular weight excluding hydrogens is 334 g/mol. The van der Waals surface area contributed by atoms with E-state index < -0.39 is 0 Å². The first-order valence-corrected chi connectivity index (χ1v) is 10.1. The molecular formula is C24H27NO2. The summed E-state index contributed by atoms with van der Waals surface area (Å²) in [6.07, 6.45) is 10.4. The summed E-state index contributed by atoms with van der Waals surface area (Å²) in [6.45, 7) is 6.52. The van der Waals surface area contributed by atoms with Crippen molar-refractivity contribution in [1.82, 2.24) is 4.57 Å². The van der Waals surface area contributed by atoms with Gasteiger partial charge in [-0.3, -0.25) is 9.59 Å². The maximum Gasteiger partial charge on any atom is 0.176 e. The van der Waals surface area contributed by atoms with Crippen molar-refractivity contribution in [2.24, 2.45) is 11.8 Å². The Balaban J connectivity index is 1.98. The lowest BCUT2D eigenvalue weighted by molar-refractivity contribution is -0.115. The van der Waals surface area contributed by atoms with Gasteiger partial charge in [-0.15, -0.1) is 0 Å². The summed E-state index contributed by atoms with van der Waals surface area (Å²) in [7, 11) is 0. The summed E-state index contributed by atoms with van der Waals surface area (Å²) in [5.41, 5.74) is 4.51. The van der Waals surface area contributed by atoms with E-state index in [1.54, 1.807) is 6.92 Å². The van der Waals surface area contributed by atoms with Gasteiger partial charge in [0.2, 0.25) is 0 Å². The average molecular weight is 361 g/mol. The molecule has 1 heterocycles. The lowest BCUT2D eigenvalue weighted by atomic mass is 9.87. The molecule has 140 valence electrons. The Bertz CT molecular complexity index is 985. The highest BCUT2D eigenvalue weighted by Gasteiger charge is 2.29. The molecule has 0 radical (unpaired) electrons. The molecule has 27 heavy (non-hydrogen) atoms. The fourth-order valence-electron chi connectivity index (χ4n) is 4.15. The molecule has 2 aliphatic rings. The van der Waals surface area contributed by atoms with Crippen molar-refractivity contribution in [3.8, 4) is 0 Å². The number of carbonyl (C=O) groups is 2. The van der Waals surface area contributed by atoms with Crippen LogP contribution in [0.5, 0.6) is 0 Å². The third-order valence-corrected chi connectivity index (χ3v) is 5.94. The number of benzene rings is 1. The quantitative estimate of drug-likeness (QED) is 0.649. The molecule has 3 nitrogen and oxygen atoms in total. The van der Waals surface area contributed by atoms with Gasteiger partial charge in [-0.25, -0.2) is 0 Å². The largest absolute Gasteiger partial charge is 0.338 e. The van der Waals surface area contributed by atoms with E-state index in [0.717, 1.165) is 41.8 Å². The zero-order valence-electron chi connectivity index (χ0n) is 16.4. The fourth-order valence-corrected chi connectivity index (χ4v) is 4.15. The second-order valence-electron chi connectivity index (χ2n) is 7.99. The molecule has 1 aromatic carbocycles. The van der Waals surface area contributed by atoms with Crippen LogP contribution in [-0.2, 0) is 17.8 Å². The lowest BCUT2D eigenvalue weighted by Crippen LogP contribution is -2.16. The first-order valence-electron chi connectivity index (χ1n) is 10.1. The summed E-state index contributed by atoms with van der Waals surface area (Å²) in [5.74, 6) is 0.775. The topological polar surface area (TPSA) is 39.1 Å². The zero-order chi connectivity index (χ0) is 19.1. The molecule has 0 amide bonds. The molecule has 2 aromatic rings. The highest BCUT2D eigenvalue weighted by Crippen LogP contribution is 2.38. The van der Waals surface area contributed by atoms with Gasteiger partial charge in [0.25, 0.3) is 0 Å². The average Bonchev–Trinajstić information content (AvgIpc) is 3.43.